The van der Waals surface area contributed by atoms with Gasteiger partial charge in [-0.05, 0) is 50.6 Å². The molecule has 1 amide bonds. The van der Waals surface area contributed by atoms with Gasteiger partial charge in [0.15, 0.2) is 0 Å². The Morgan fingerprint density at radius 2 is 1.72 bits per heavy atom. The number of hydrogen-bond donors (Lipinski definition) is 0. The molecule has 3 rings (SSSR count). The third-order valence-electron chi connectivity index (χ3n) is 4.43. The Morgan fingerprint density at radius 1 is 1.08 bits per heavy atom. The lowest BCUT2D eigenvalue weighted by Gasteiger charge is -2.26. The molecule has 3 aromatic rings. The van der Waals surface area contributed by atoms with Crippen LogP contribution >= 0.6 is 0 Å². The number of hydrogen-bond acceptors (Lipinski definition) is 3. The number of aromatic nitrogens is 3. The van der Waals surface area contributed by atoms with Crippen LogP contribution in [0.1, 0.15) is 40.0 Å². The van der Waals surface area contributed by atoms with E-state index in [4.69, 9.17) is 0 Å². The van der Waals surface area contributed by atoms with E-state index in [2.05, 4.69) is 16.1 Å². The minimum atomic E-state index is -0.0295. The van der Waals surface area contributed by atoms with Crippen LogP contribution in [0.5, 0.6) is 0 Å². The molecule has 0 aliphatic rings. The van der Waals surface area contributed by atoms with Gasteiger partial charge in [0.1, 0.15) is 12.7 Å². The van der Waals surface area contributed by atoms with Crippen molar-refractivity contribution >= 4 is 5.91 Å². The van der Waals surface area contributed by atoms with Crippen LogP contribution < -0.4 is 0 Å². The van der Waals surface area contributed by atoms with Gasteiger partial charge in [0.05, 0.1) is 11.7 Å². The minimum absolute atomic E-state index is 0.0275. The lowest BCUT2D eigenvalue weighted by Crippen LogP contribution is -2.29. The highest BCUT2D eigenvalue weighted by molar-refractivity contribution is 5.94. The molecular formula is C20H22N4O. The van der Waals surface area contributed by atoms with Gasteiger partial charge in [0.25, 0.3) is 5.91 Å². The highest BCUT2D eigenvalue weighted by Gasteiger charge is 2.19. The summed E-state index contributed by atoms with van der Waals surface area (Å²) in [6.45, 7) is 6.05. The monoisotopic (exact) mass is 334 g/mol. The number of benzene rings is 2. The summed E-state index contributed by atoms with van der Waals surface area (Å²) in [5.41, 5.74) is 4.94. The molecule has 5 nitrogen and oxygen atoms in total. The Bertz CT molecular complexity index is 849. The summed E-state index contributed by atoms with van der Waals surface area (Å²) in [6.07, 6.45) is 3.17. The average Bonchev–Trinajstić information content (AvgIpc) is 3.14. The standard InChI is InChI=1S/C20H22N4O/c1-14-9-15(2)11-18(10-14)20(25)23(4)16(3)17-5-7-19(8-6-17)24-13-21-12-22-24/h5-13,16H,1-4H3. The molecule has 0 aliphatic carbocycles. The number of nitrogens with zero attached hydrogens (tertiary/aromatic N) is 4. The van der Waals surface area contributed by atoms with Gasteiger partial charge in [-0.2, -0.15) is 5.10 Å². The topological polar surface area (TPSA) is 51.0 Å². The number of carbonyl (C=O) groups is 1. The quantitative estimate of drug-likeness (QED) is 0.731. The number of rotatable bonds is 4. The van der Waals surface area contributed by atoms with E-state index in [1.165, 1.54) is 6.33 Å². The first-order chi connectivity index (χ1) is 12.0. The van der Waals surface area contributed by atoms with Crippen LogP contribution in [0.25, 0.3) is 5.69 Å². The molecule has 25 heavy (non-hydrogen) atoms. The Hall–Kier alpha value is -2.95. The van der Waals surface area contributed by atoms with Gasteiger partial charge < -0.3 is 4.90 Å². The van der Waals surface area contributed by atoms with E-state index in [1.54, 1.807) is 15.9 Å². The second kappa shape index (κ2) is 6.89. The molecule has 2 aromatic carbocycles. The summed E-state index contributed by atoms with van der Waals surface area (Å²) >= 11 is 0. The Balaban J connectivity index is 1.79. The van der Waals surface area contributed by atoms with Crippen molar-refractivity contribution in [1.82, 2.24) is 19.7 Å². The van der Waals surface area contributed by atoms with Crippen LogP contribution in [0.3, 0.4) is 0 Å². The highest BCUT2D eigenvalue weighted by Crippen LogP contribution is 2.22. The van der Waals surface area contributed by atoms with Gasteiger partial charge in [-0.3, -0.25) is 4.79 Å². The fourth-order valence-electron chi connectivity index (χ4n) is 2.95. The first kappa shape index (κ1) is 16.9. The molecule has 1 unspecified atom stereocenters. The zero-order valence-electron chi connectivity index (χ0n) is 15.0. The van der Waals surface area contributed by atoms with E-state index < -0.39 is 0 Å². The van der Waals surface area contributed by atoms with Crippen molar-refractivity contribution in [2.24, 2.45) is 0 Å². The lowest BCUT2D eigenvalue weighted by atomic mass is 10.0. The summed E-state index contributed by atoms with van der Waals surface area (Å²) in [6, 6.07) is 13.9. The maximum Gasteiger partial charge on any atom is 0.254 e. The smallest absolute Gasteiger partial charge is 0.254 e. The second-order valence-corrected chi connectivity index (χ2v) is 6.40. The molecule has 1 atom stereocenters. The van der Waals surface area contributed by atoms with Gasteiger partial charge in [-0.15, -0.1) is 0 Å². The molecule has 0 aliphatic heterocycles. The normalized spacial score (nSPS) is 12.0. The molecule has 0 fully saturated rings. The van der Waals surface area contributed by atoms with Gasteiger partial charge in [-0.1, -0.05) is 29.3 Å². The molecule has 128 valence electrons. The molecule has 0 radical (unpaired) electrons. The molecule has 0 N–H and O–H groups in total. The first-order valence-electron chi connectivity index (χ1n) is 8.26. The first-order valence-corrected chi connectivity index (χ1v) is 8.26. The molecule has 0 spiro atoms. The fourth-order valence-corrected chi connectivity index (χ4v) is 2.95. The van der Waals surface area contributed by atoms with Crippen LogP contribution in [0, 0.1) is 13.8 Å². The van der Waals surface area contributed by atoms with Crippen LogP contribution in [0.4, 0.5) is 0 Å². The minimum Gasteiger partial charge on any atom is -0.335 e. The average molecular weight is 334 g/mol. The summed E-state index contributed by atoms with van der Waals surface area (Å²) < 4.78 is 1.71. The molecule has 0 bridgehead atoms. The Morgan fingerprint density at radius 3 is 2.28 bits per heavy atom. The molecule has 0 saturated heterocycles. The number of amides is 1. The predicted molar refractivity (Wildman–Crippen MR) is 97.8 cm³/mol. The van der Waals surface area contributed by atoms with Crippen LogP contribution in [0.15, 0.2) is 55.1 Å². The molecule has 1 aromatic heterocycles. The molecule has 0 saturated carbocycles. The van der Waals surface area contributed by atoms with Crippen LogP contribution in [-0.4, -0.2) is 32.6 Å². The molecular weight excluding hydrogens is 312 g/mol. The SMILES string of the molecule is Cc1cc(C)cc(C(=O)N(C)C(C)c2ccc(-n3cncn3)cc2)c1. The van der Waals surface area contributed by atoms with E-state index in [0.29, 0.717) is 0 Å². The van der Waals surface area contributed by atoms with E-state index in [1.807, 2.05) is 64.2 Å². The van der Waals surface area contributed by atoms with Crippen molar-refractivity contribution in [3.63, 3.8) is 0 Å². The van der Waals surface area contributed by atoms with Crippen molar-refractivity contribution in [3.05, 3.63) is 77.4 Å². The summed E-state index contributed by atoms with van der Waals surface area (Å²) in [4.78, 5) is 18.6. The van der Waals surface area contributed by atoms with Crippen molar-refractivity contribution in [2.75, 3.05) is 7.05 Å². The van der Waals surface area contributed by atoms with E-state index in [-0.39, 0.29) is 11.9 Å². The zero-order valence-corrected chi connectivity index (χ0v) is 15.0. The zero-order chi connectivity index (χ0) is 18.0. The summed E-state index contributed by atoms with van der Waals surface area (Å²) in [5, 5.41) is 4.12. The Labute approximate surface area is 147 Å². The van der Waals surface area contributed by atoms with Gasteiger partial charge >= 0.3 is 0 Å². The number of carbonyl (C=O) groups excluding carboxylic acids is 1. The third kappa shape index (κ3) is 3.60. The maximum absolute atomic E-state index is 12.8. The third-order valence-corrected chi connectivity index (χ3v) is 4.43. The highest BCUT2D eigenvalue weighted by atomic mass is 16.2. The lowest BCUT2D eigenvalue weighted by molar-refractivity contribution is 0.0742. The van der Waals surface area contributed by atoms with E-state index in [9.17, 15) is 4.79 Å². The second-order valence-electron chi connectivity index (χ2n) is 6.40. The maximum atomic E-state index is 12.8. The van der Waals surface area contributed by atoms with Gasteiger partial charge in [0.2, 0.25) is 0 Å². The Kier molecular flexibility index (Phi) is 4.65. The van der Waals surface area contributed by atoms with Crippen LogP contribution in [0.2, 0.25) is 0 Å². The summed E-state index contributed by atoms with van der Waals surface area (Å²) in [5.74, 6) is 0.0275. The van der Waals surface area contributed by atoms with Crippen molar-refractivity contribution in [2.45, 2.75) is 26.8 Å². The van der Waals surface area contributed by atoms with Crippen molar-refractivity contribution in [3.8, 4) is 5.69 Å². The van der Waals surface area contributed by atoms with Gasteiger partial charge in [-0.25, -0.2) is 9.67 Å². The molecule has 5 heteroatoms. The summed E-state index contributed by atoms with van der Waals surface area (Å²) in [7, 11) is 1.84. The van der Waals surface area contributed by atoms with E-state index in [0.717, 1.165) is 27.9 Å². The van der Waals surface area contributed by atoms with Crippen molar-refractivity contribution < 1.29 is 4.79 Å². The fraction of sp³-hybridized carbons (Fsp3) is 0.250. The molecule has 1 heterocycles. The van der Waals surface area contributed by atoms with Crippen LogP contribution in [-0.2, 0) is 0 Å². The van der Waals surface area contributed by atoms with Crippen molar-refractivity contribution in [1.29, 1.82) is 0 Å². The van der Waals surface area contributed by atoms with Gasteiger partial charge in [0, 0.05) is 12.6 Å². The number of aryl methyl sites for hydroxylation is 2. The van der Waals surface area contributed by atoms with E-state index >= 15 is 0 Å². The predicted octanol–water partition coefficient (Wildman–Crippen LogP) is 3.72. The largest absolute Gasteiger partial charge is 0.335 e.